The van der Waals surface area contributed by atoms with Gasteiger partial charge in [-0.25, -0.2) is 14.2 Å². The van der Waals surface area contributed by atoms with Gasteiger partial charge in [-0.1, -0.05) is 42.5 Å². The number of carbonyl (C=O) groups excluding carboxylic acids is 2. The number of ether oxygens (including phenoxy) is 1. The van der Waals surface area contributed by atoms with Crippen molar-refractivity contribution in [2.75, 3.05) is 11.9 Å². The van der Waals surface area contributed by atoms with E-state index in [0.717, 1.165) is 21.9 Å². The molecule has 36 heavy (non-hydrogen) atoms. The molecular formula is C27H23N5O3S. The Morgan fingerprint density at radius 1 is 0.889 bits per heavy atom. The maximum atomic E-state index is 13.0. The molecular weight excluding hydrogens is 474 g/mol. The van der Waals surface area contributed by atoms with Gasteiger partial charge in [0.1, 0.15) is 5.69 Å². The highest BCUT2D eigenvalue weighted by Crippen LogP contribution is 2.26. The maximum Gasteiger partial charge on any atom is 0.357 e. The number of carbonyl (C=O) groups is 2. The first-order valence-corrected chi connectivity index (χ1v) is 12.2. The van der Waals surface area contributed by atoms with Gasteiger partial charge in [0, 0.05) is 6.07 Å². The molecule has 0 radical (unpaired) electrons. The third kappa shape index (κ3) is 4.69. The number of aryl methyl sites for hydroxylation is 1. The number of rotatable bonds is 7. The third-order valence-electron chi connectivity index (χ3n) is 5.58. The van der Waals surface area contributed by atoms with Gasteiger partial charge in [0.2, 0.25) is 0 Å². The summed E-state index contributed by atoms with van der Waals surface area (Å²) in [6.07, 6.45) is 0. The van der Waals surface area contributed by atoms with Gasteiger partial charge in [0.25, 0.3) is 5.91 Å². The van der Waals surface area contributed by atoms with Gasteiger partial charge in [-0.2, -0.15) is 10.2 Å². The van der Waals surface area contributed by atoms with Crippen molar-refractivity contribution in [2.45, 2.75) is 13.8 Å². The molecule has 0 aliphatic rings. The van der Waals surface area contributed by atoms with E-state index in [9.17, 15) is 9.59 Å². The molecule has 5 aromatic rings. The number of aromatic nitrogens is 4. The predicted octanol–water partition coefficient (Wildman–Crippen LogP) is 5.20. The lowest BCUT2D eigenvalue weighted by molar-refractivity contribution is -0.119. The molecule has 8 nitrogen and oxygen atoms in total. The molecule has 1 N–H and O–H groups in total. The fourth-order valence-corrected chi connectivity index (χ4v) is 4.54. The first-order chi connectivity index (χ1) is 17.5. The Balaban J connectivity index is 1.32. The zero-order valence-electron chi connectivity index (χ0n) is 19.7. The molecule has 0 spiro atoms. The topological polar surface area (TPSA) is 91.0 Å². The summed E-state index contributed by atoms with van der Waals surface area (Å²) in [6, 6.07) is 24.5. The van der Waals surface area contributed by atoms with Crippen molar-refractivity contribution in [1.29, 1.82) is 0 Å². The first-order valence-electron chi connectivity index (χ1n) is 11.3. The van der Waals surface area contributed by atoms with Crippen LogP contribution in [0, 0.1) is 13.8 Å². The normalized spacial score (nSPS) is 10.8. The van der Waals surface area contributed by atoms with Crippen LogP contribution in [0.1, 0.15) is 21.9 Å². The van der Waals surface area contributed by atoms with Gasteiger partial charge in [0.15, 0.2) is 12.3 Å². The van der Waals surface area contributed by atoms with Crippen LogP contribution in [0.5, 0.6) is 0 Å². The number of anilines is 1. The van der Waals surface area contributed by atoms with Gasteiger partial charge >= 0.3 is 5.97 Å². The molecule has 0 aliphatic carbocycles. The van der Waals surface area contributed by atoms with Crippen LogP contribution in [-0.2, 0) is 9.53 Å². The summed E-state index contributed by atoms with van der Waals surface area (Å²) in [5, 5.41) is 13.9. The second-order valence-electron chi connectivity index (χ2n) is 8.06. The van der Waals surface area contributed by atoms with Crippen LogP contribution in [0.2, 0.25) is 0 Å². The lowest BCUT2D eigenvalue weighted by Crippen LogP contribution is -2.22. The van der Waals surface area contributed by atoms with Gasteiger partial charge in [-0.15, -0.1) is 11.3 Å². The number of nitrogens with zero attached hydrogens (tertiary/aromatic N) is 4. The Morgan fingerprint density at radius 2 is 1.56 bits per heavy atom. The SMILES string of the molecule is Cc1nn(-c2ccccc2)c(C)c1NC(=O)COC(=O)c1cc(-c2cccs2)nn1-c1ccccc1. The van der Waals surface area contributed by atoms with E-state index >= 15 is 0 Å². The highest BCUT2D eigenvalue weighted by atomic mass is 32.1. The molecule has 1 amide bonds. The van der Waals surface area contributed by atoms with Gasteiger partial charge in [-0.3, -0.25) is 4.79 Å². The van der Waals surface area contributed by atoms with E-state index in [4.69, 9.17) is 4.74 Å². The lowest BCUT2D eigenvalue weighted by atomic mass is 10.3. The fraction of sp³-hybridized carbons (Fsp3) is 0.111. The molecule has 0 aliphatic heterocycles. The Morgan fingerprint density at radius 3 is 2.19 bits per heavy atom. The van der Waals surface area contributed by atoms with Gasteiger partial charge in [0.05, 0.1) is 33.3 Å². The predicted molar refractivity (Wildman–Crippen MR) is 139 cm³/mol. The van der Waals surface area contributed by atoms with Crippen LogP contribution in [-0.4, -0.2) is 38.0 Å². The van der Waals surface area contributed by atoms with E-state index in [-0.39, 0.29) is 5.69 Å². The van der Waals surface area contributed by atoms with Crippen molar-refractivity contribution in [3.8, 4) is 21.9 Å². The molecule has 9 heteroatoms. The molecule has 0 saturated heterocycles. The molecule has 3 heterocycles. The molecule has 0 atom stereocenters. The summed E-state index contributed by atoms with van der Waals surface area (Å²) in [5.41, 5.74) is 4.54. The average molecular weight is 498 g/mol. The van der Waals surface area contributed by atoms with Crippen molar-refractivity contribution in [3.05, 3.63) is 101 Å². The van der Waals surface area contributed by atoms with Crippen LogP contribution in [0.3, 0.4) is 0 Å². The summed E-state index contributed by atoms with van der Waals surface area (Å²) in [7, 11) is 0. The smallest absolute Gasteiger partial charge is 0.357 e. The Labute approximate surface area is 211 Å². The van der Waals surface area contributed by atoms with Crippen molar-refractivity contribution in [2.24, 2.45) is 0 Å². The maximum absolute atomic E-state index is 13.0. The molecule has 3 aromatic heterocycles. The summed E-state index contributed by atoms with van der Waals surface area (Å²) < 4.78 is 8.69. The van der Waals surface area contributed by atoms with E-state index in [2.05, 4.69) is 15.5 Å². The van der Waals surface area contributed by atoms with E-state index in [1.165, 1.54) is 16.0 Å². The molecule has 0 unspecified atom stereocenters. The fourth-order valence-electron chi connectivity index (χ4n) is 3.86. The number of hydrogen-bond donors (Lipinski definition) is 1. The number of benzene rings is 2. The summed E-state index contributed by atoms with van der Waals surface area (Å²) in [5.74, 6) is -1.09. The van der Waals surface area contributed by atoms with E-state index in [1.807, 2.05) is 92.0 Å². The summed E-state index contributed by atoms with van der Waals surface area (Å²) >= 11 is 1.53. The second-order valence-corrected chi connectivity index (χ2v) is 9.00. The van der Waals surface area contributed by atoms with Gasteiger partial charge in [-0.05, 0) is 49.6 Å². The standard InChI is InChI=1S/C27H23N5O3S/c1-18-26(19(2)31(29-18)20-10-5-3-6-11-20)28-25(33)17-35-27(34)23-16-22(24-14-9-15-36-24)30-32(23)21-12-7-4-8-13-21/h3-16H,17H2,1-2H3,(H,28,33). The molecule has 2 aromatic carbocycles. The molecule has 5 rings (SSSR count). The van der Waals surface area contributed by atoms with Crippen LogP contribution in [0.25, 0.3) is 21.9 Å². The minimum atomic E-state index is -0.641. The molecule has 0 bridgehead atoms. The number of para-hydroxylation sites is 2. The van der Waals surface area contributed by atoms with Crippen molar-refractivity contribution in [3.63, 3.8) is 0 Å². The Bertz CT molecular complexity index is 1510. The third-order valence-corrected chi connectivity index (χ3v) is 6.48. The summed E-state index contributed by atoms with van der Waals surface area (Å²) in [4.78, 5) is 26.7. The van der Waals surface area contributed by atoms with Crippen LogP contribution in [0.4, 0.5) is 5.69 Å². The monoisotopic (exact) mass is 497 g/mol. The largest absolute Gasteiger partial charge is 0.451 e. The minimum Gasteiger partial charge on any atom is -0.451 e. The quantitative estimate of drug-likeness (QED) is 0.312. The number of thiophene rings is 1. The highest BCUT2D eigenvalue weighted by molar-refractivity contribution is 7.13. The number of amides is 1. The van der Waals surface area contributed by atoms with Gasteiger partial charge < -0.3 is 10.1 Å². The van der Waals surface area contributed by atoms with E-state index < -0.39 is 18.5 Å². The highest BCUT2D eigenvalue weighted by Gasteiger charge is 2.21. The lowest BCUT2D eigenvalue weighted by Gasteiger charge is -2.09. The summed E-state index contributed by atoms with van der Waals surface area (Å²) in [6.45, 7) is 3.25. The van der Waals surface area contributed by atoms with E-state index in [1.54, 1.807) is 10.7 Å². The number of nitrogens with one attached hydrogen (secondary N) is 1. The Kier molecular flexibility index (Phi) is 6.46. The molecule has 0 saturated carbocycles. The van der Waals surface area contributed by atoms with Crippen molar-refractivity contribution >= 4 is 28.9 Å². The molecule has 0 fully saturated rings. The van der Waals surface area contributed by atoms with Crippen LogP contribution < -0.4 is 5.32 Å². The van der Waals surface area contributed by atoms with E-state index in [0.29, 0.717) is 17.1 Å². The number of hydrogen-bond acceptors (Lipinski definition) is 6. The zero-order valence-corrected chi connectivity index (χ0v) is 20.5. The van der Waals surface area contributed by atoms with Crippen molar-refractivity contribution in [1.82, 2.24) is 19.6 Å². The van der Waals surface area contributed by atoms with Crippen LogP contribution in [0.15, 0.2) is 84.2 Å². The minimum absolute atomic E-state index is 0.238. The average Bonchev–Trinajstić information content (AvgIpc) is 3.65. The number of esters is 1. The molecule has 180 valence electrons. The first kappa shape index (κ1) is 23.3. The van der Waals surface area contributed by atoms with Crippen molar-refractivity contribution < 1.29 is 14.3 Å². The second kappa shape index (κ2) is 10.0. The zero-order chi connectivity index (χ0) is 25.1. The Hall–Kier alpha value is -4.50. The van der Waals surface area contributed by atoms with Crippen LogP contribution >= 0.6 is 11.3 Å².